The molecule has 0 aliphatic rings. The summed E-state index contributed by atoms with van der Waals surface area (Å²) in [6.45, 7) is 2.87. The molecule has 1 atom stereocenters. The second-order valence-electron chi connectivity index (χ2n) is 4.02. The highest BCUT2D eigenvalue weighted by atomic mass is 79.9. The molecule has 1 N–H and O–H groups in total. The van der Waals surface area contributed by atoms with Crippen molar-refractivity contribution in [3.63, 3.8) is 0 Å². The van der Waals surface area contributed by atoms with E-state index < -0.39 is 0 Å². The lowest BCUT2D eigenvalue weighted by atomic mass is 10.0. The monoisotopic (exact) mass is 357 g/mol. The van der Waals surface area contributed by atoms with Crippen molar-refractivity contribution in [3.8, 4) is 11.5 Å². The first kappa shape index (κ1) is 15.2. The Hall–Kier alpha value is -1.18. The first-order valence-electron chi connectivity index (χ1n) is 6.13. The molecule has 7 heteroatoms. The molecule has 1 aromatic heterocycles. The molecule has 0 fully saturated rings. The fourth-order valence-electron chi connectivity index (χ4n) is 2.02. The molecule has 2 aromatic rings. The van der Waals surface area contributed by atoms with Gasteiger partial charge < -0.3 is 14.8 Å². The summed E-state index contributed by atoms with van der Waals surface area (Å²) in [6, 6.07) is 3.83. The Morgan fingerprint density at radius 2 is 2.15 bits per heavy atom. The SMILES string of the molecule is CCNC(c1csnn1)c1ccc(OC)c(Br)c1OC. The highest BCUT2D eigenvalue weighted by Gasteiger charge is 2.23. The van der Waals surface area contributed by atoms with Gasteiger partial charge in [-0.1, -0.05) is 11.4 Å². The first-order valence-corrected chi connectivity index (χ1v) is 7.76. The van der Waals surface area contributed by atoms with Gasteiger partial charge in [0.15, 0.2) is 0 Å². The van der Waals surface area contributed by atoms with E-state index >= 15 is 0 Å². The topological polar surface area (TPSA) is 56.3 Å². The number of ether oxygens (including phenoxy) is 2. The van der Waals surface area contributed by atoms with Gasteiger partial charge in [0.25, 0.3) is 0 Å². The number of rotatable bonds is 6. The van der Waals surface area contributed by atoms with Gasteiger partial charge in [-0.05, 0) is 46.1 Å². The van der Waals surface area contributed by atoms with Crippen molar-refractivity contribution in [2.45, 2.75) is 13.0 Å². The van der Waals surface area contributed by atoms with E-state index in [0.717, 1.165) is 33.8 Å². The van der Waals surface area contributed by atoms with Crippen LogP contribution in [0.15, 0.2) is 22.0 Å². The van der Waals surface area contributed by atoms with Crippen LogP contribution >= 0.6 is 27.5 Å². The highest BCUT2D eigenvalue weighted by molar-refractivity contribution is 9.10. The van der Waals surface area contributed by atoms with E-state index in [4.69, 9.17) is 9.47 Å². The molecule has 0 saturated heterocycles. The number of hydrogen-bond donors (Lipinski definition) is 1. The van der Waals surface area contributed by atoms with Crippen molar-refractivity contribution < 1.29 is 9.47 Å². The standard InChI is InChI=1S/C13H16BrN3O2S/c1-4-15-12(9-7-20-17-16-9)8-5-6-10(18-2)11(14)13(8)19-3/h5-7,12,15H,4H2,1-3H3. The Labute approximate surface area is 130 Å². The van der Waals surface area contributed by atoms with Crippen LogP contribution in [0.4, 0.5) is 0 Å². The van der Waals surface area contributed by atoms with E-state index in [0.29, 0.717) is 0 Å². The zero-order valence-corrected chi connectivity index (χ0v) is 13.9. The summed E-state index contributed by atoms with van der Waals surface area (Å²) in [5, 5.41) is 9.50. The molecule has 0 spiro atoms. The van der Waals surface area contributed by atoms with Crippen molar-refractivity contribution in [2.75, 3.05) is 20.8 Å². The summed E-state index contributed by atoms with van der Waals surface area (Å²) in [5.41, 5.74) is 1.88. The van der Waals surface area contributed by atoms with Gasteiger partial charge in [0, 0.05) is 10.9 Å². The largest absolute Gasteiger partial charge is 0.495 e. The van der Waals surface area contributed by atoms with E-state index in [1.54, 1.807) is 14.2 Å². The maximum Gasteiger partial charge on any atom is 0.141 e. The van der Waals surface area contributed by atoms with Crippen molar-refractivity contribution in [1.82, 2.24) is 14.9 Å². The summed E-state index contributed by atoms with van der Waals surface area (Å²) in [7, 11) is 3.27. The van der Waals surface area contributed by atoms with Gasteiger partial charge in [0.1, 0.15) is 16.0 Å². The van der Waals surface area contributed by atoms with Gasteiger partial charge in [-0.2, -0.15) is 0 Å². The minimum Gasteiger partial charge on any atom is -0.495 e. The van der Waals surface area contributed by atoms with E-state index in [2.05, 4.69) is 37.8 Å². The van der Waals surface area contributed by atoms with Gasteiger partial charge in [-0.25, -0.2) is 0 Å². The van der Waals surface area contributed by atoms with Crippen molar-refractivity contribution >= 4 is 27.5 Å². The number of halogens is 1. The van der Waals surface area contributed by atoms with Crippen molar-refractivity contribution in [2.24, 2.45) is 0 Å². The zero-order valence-electron chi connectivity index (χ0n) is 11.5. The van der Waals surface area contributed by atoms with Gasteiger partial charge in [0.2, 0.25) is 0 Å². The summed E-state index contributed by atoms with van der Waals surface area (Å²) < 4.78 is 15.6. The minimum atomic E-state index is -0.0593. The number of methoxy groups -OCH3 is 2. The van der Waals surface area contributed by atoms with Crippen LogP contribution in [-0.2, 0) is 0 Å². The third-order valence-electron chi connectivity index (χ3n) is 2.91. The lowest BCUT2D eigenvalue weighted by molar-refractivity contribution is 0.382. The molecule has 1 unspecified atom stereocenters. The normalized spacial score (nSPS) is 12.2. The van der Waals surface area contributed by atoms with Crippen LogP contribution in [0.5, 0.6) is 11.5 Å². The van der Waals surface area contributed by atoms with Crippen LogP contribution < -0.4 is 14.8 Å². The molecule has 0 aliphatic carbocycles. The molecule has 0 amide bonds. The minimum absolute atomic E-state index is 0.0593. The predicted molar refractivity (Wildman–Crippen MR) is 82.7 cm³/mol. The third-order valence-corrected chi connectivity index (χ3v) is 4.18. The summed E-state index contributed by atoms with van der Waals surface area (Å²) in [5.74, 6) is 1.47. The maximum absolute atomic E-state index is 5.53. The van der Waals surface area contributed by atoms with Crippen LogP contribution in [0.2, 0.25) is 0 Å². The molecule has 2 rings (SSSR count). The Balaban J connectivity index is 2.51. The van der Waals surface area contributed by atoms with E-state index in [1.807, 2.05) is 17.5 Å². The Morgan fingerprint density at radius 3 is 2.70 bits per heavy atom. The lowest BCUT2D eigenvalue weighted by Gasteiger charge is -2.20. The molecule has 5 nitrogen and oxygen atoms in total. The van der Waals surface area contributed by atoms with Crippen LogP contribution in [0.25, 0.3) is 0 Å². The van der Waals surface area contributed by atoms with Gasteiger partial charge in [0.05, 0.1) is 26.0 Å². The van der Waals surface area contributed by atoms with E-state index in [-0.39, 0.29) is 6.04 Å². The lowest BCUT2D eigenvalue weighted by Crippen LogP contribution is -2.23. The Morgan fingerprint density at radius 1 is 1.35 bits per heavy atom. The fourth-order valence-corrected chi connectivity index (χ4v) is 3.19. The first-order chi connectivity index (χ1) is 9.72. The molecular formula is C13H16BrN3O2S. The highest BCUT2D eigenvalue weighted by Crippen LogP contribution is 2.40. The second kappa shape index (κ2) is 7.01. The van der Waals surface area contributed by atoms with Crippen LogP contribution in [0.3, 0.4) is 0 Å². The predicted octanol–water partition coefficient (Wildman–Crippen LogP) is 3.02. The van der Waals surface area contributed by atoms with E-state index in [1.165, 1.54) is 11.5 Å². The van der Waals surface area contributed by atoms with Crippen LogP contribution in [0, 0.1) is 0 Å². The van der Waals surface area contributed by atoms with Crippen LogP contribution in [-0.4, -0.2) is 30.4 Å². The molecule has 1 aromatic carbocycles. The maximum atomic E-state index is 5.53. The third kappa shape index (κ3) is 2.94. The number of hydrogen-bond acceptors (Lipinski definition) is 6. The fraction of sp³-hybridized carbons (Fsp3) is 0.385. The Kier molecular flexibility index (Phi) is 5.33. The molecule has 0 aliphatic heterocycles. The summed E-state index contributed by atoms with van der Waals surface area (Å²) >= 11 is 4.86. The van der Waals surface area contributed by atoms with Gasteiger partial charge >= 0.3 is 0 Å². The molecule has 1 heterocycles. The molecule has 0 radical (unpaired) electrons. The average molecular weight is 358 g/mol. The molecule has 0 bridgehead atoms. The summed E-state index contributed by atoms with van der Waals surface area (Å²) in [4.78, 5) is 0. The Bertz CT molecular complexity index is 563. The molecule has 0 saturated carbocycles. The zero-order chi connectivity index (χ0) is 14.5. The summed E-state index contributed by atoms with van der Waals surface area (Å²) in [6.07, 6.45) is 0. The van der Waals surface area contributed by atoms with Crippen LogP contribution in [0.1, 0.15) is 24.2 Å². The molecule has 20 heavy (non-hydrogen) atoms. The van der Waals surface area contributed by atoms with Gasteiger partial charge in [-0.3, -0.25) is 0 Å². The second-order valence-corrected chi connectivity index (χ2v) is 5.43. The quantitative estimate of drug-likeness (QED) is 0.860. The number of nitrogens with zero attached hydrogens (tertiary/aromatic N) is 2. The molecular weight excluding hydrogens is 342 g/mol. The van der Waals surface area contributed by atoms with E-state index in [9.17, 15) is 0 Å². The van der Waals surface area contributed by atoms with Gasteiger partial charge in [-0.15, -0.1) is 5.10 Å². The molecule has 108 valence electrons. The van der Waals surface area contributed by atoms with Crippen molar-refractivity contribution in [3.05, 3.63) is 33.2 Å². The number of nitrogens with one attached hydrogen (secondary N) is 1. The smallest absolute Gasteiger partial charge is 0.141 e. The van der Waals surface area contributed by atoms with Crippen molar-refractivity contribution in [1.29, 1.82) is 0 Å². The average Bonchev–Trinajstić information content (AvgIpc) is 2.98. The number of aromatic nitrogens is 2. The number of benzene rings is 1.